The molecule has 20 heavy (non-hydrogen) atoms. The number of nitriles is 1. The third kappa shape index (κ3) is 4.46. The van der Waals surface area contributed by atoms with Gasteiger partial charge >= 0.3 is 0 Å². The summed E-state index contributed by atoms with van der Waals surface area (Å²) in [6.07, 6.45) is 2.95. The molecule has 110 valence electrons. The fourth-order valence-corrected chi connectivity index (χ4v) is 3.11. The second kappa shape index (κ2) is 6.10. The van der Waals surface area contributed by atoms with Crippen molar-refractivity contribution in [2.75, 3.05) is 12.3 Å². The lowest BCUT2D eigenvalue weighted by atomic mass is 10.1. The summed E-state index contributed by atoms with van der Waals surface area (Å²) in [5, 5.41) is 25.0. The lowest BCUT2D eigenvalue weighted by Gasteiger charge is -2.20. The van der Waals surface area contributed by atoms with E-state index in [4.69, 9.17) is 5.26 Å². The minimum absolute atomic E-state index is 0.103. The number of thioether (sulfide) groups is 1. The van der Waals surface area contributed by atoms with Crippen molar-refractivity contribution in [2.45, 2.75) is 57.3 Å². The average molecular weight is 294 g/mol. The SMILES string of the molecule is CC(C)(C)NCCn1nnnc1SCC1(CC#N)CC1. The van der Waals surface area contributed by atoms with Gasteiger partial charge in [-0.25, -0.2) is 4.68 Å². The highest BCUT2D eigenvalue weighted by Gasteiger charge is 2.42. The van der Waals surface area contributed by atoms with E-state index in [2.05, 4.69) is 47.7 Å². The highest BCUT2D eigenvalue weighted by atomic mass is 32.2. The van der Waals surface area contributed by atoms with Gasteiger partial charge in [0, 0.05) is 24.3 Å². The molecule has 0 amide bonds. The molecule has 1 aromatic heterocycles. The number of aromatic nitrogens is 4. The van der Waals surface area contributed by atoms with E-state index < -0.39 is 0 Å². The molecular weight excluding hydrogens is 272 g/mol. The van der Waals surface area contributed by atoms with E-state index in [9.17, 15) is 0 Å². The summed E-state index contributed by atoms with van der Waals surface area (Å²) in [6.45, 7) is 8.02. The monoisotopic (exact) mass is 294 g/mol. The predicted molar refractivity (Wildman–Crippen MR) is 78.2 cm³/mol. The lowest BCUT2D eigenvalue weighted by Crippen LogP contribution is -2.38. The van der Waals surface area contributed by atoms with Gasteiger partial charge in [-0.2, -0.15) is 5.26 Å². The molecule has 1 saturated carbocycles. The fraction of sp³-hybridized carbons (Fsp3) is 0.846. The molecule has 6 nitrogen and oxygen atoms in total. The quantitative estimate of drug-likeness (QED) is 0.773. The van der Waals surface area contributed by atoms with Gasteiger partial charge in [-0.05, 0) is 49.5 Å². The van der Waals surface area contributed by atoms with Crippen LogP contribution in [0.4, 0.5) is 0 Å². The highest BCUT2D eigenvalue weighted by Crippen LogP contribution is 2.51. The number of nitrogens with zero attached hydrogens (tertiary/aromatic N) is 5. The zero-order valence-electron chi connectivity index (χ0n) is 12.4. The Hall–Kier alpha value is -1.13. The normalized spacial score (nSPS) is 16.9. The van der Waals surface area contributed by atoms with Crippen molar-refractivity contribution in [3.05, 3.63) is 0 Å². The van der Waals surface area contributed by atoms with E-state index in [1.807, 2.05) is 4.68 Å². The van der Waals surface area contributed by atoms with E-state index in [-0.39, 0.29) is 11.0 Å². The summed E-state index contributed by atoms with van der Waals surface area (Å²) in [5.41, 5.74) is 0.325. The minimum atomic E-state index is 0.103. The van der Waals surface area contributed by atoms with Crippen LogP contribution >= 0.6 is 11.8 Å². The molecule has 0 spiro atoms. The summed E-state index contributed by atoms with van der Waals surface area (Å²) in [6, 6.07) is 2.28. The summed E-state index contributed by atoms with van der Waals surface area (Å²) >= 11 is 1.67. The van der Waals surface area contributed by atoms with Gasteiger partial charge in [0.1, 0.15) is 0 Å². The Kier molecular flexibility index (Phi) is 4.66. The third-order valence-corrected chi connectivity index (χ3v) is 4.70. The fourth-order valence-electron chi connectivity index (χ4n) is 1.91. The van der Waals surface area contributed by atoms with Crippen molar-refractivity contribution >= 4 is 11.8 Å². The van der Waals surface area contributed by atoms with Crippen LogP contribution in [0, 0.1) is 16.7 Å². The second-order valence-electron chi connectivity index (χ2n) is 6.48. The number of rotatable bonds is 7. The van der Waals surface area contributed by atoms with Crippen LogP contribution in [0.1, 0.15) is 40.0 Å². The standard InChI is InChI=1S/C13H22N6S/c1-12(2,3)15-8-9-19-11(16-17-18-19)20-10-13(4-5-13)6-7-14/h15H,4-6,8-10H2,1-3H3. The molecule has 0 atom stereocenters. The Balaban J connectivity index is 1.81. The maximum atomic E-state index is 8.83. The van der Waals surface area contributed by atoms with Crippen molar-refractivity contribution in [3.63, 3.8) is 0 Å². The zero-order valence-corrected chi connectivity index (χ0v) is 13.2. The first kappa shape index (κ1) is 15.3. The van der Waals surface area contributed by atoms with Gasteiger partial charge in [0.15, 0.2) is 0 Å². The van der Waals surface area contributed by atoms with E-state index in [1.54, 1.807) is 11.8 Å². The molecule has 2 rings (SSSR count). The molecule has 1 aromatic rings. The lowest BCUT2D eigenvalue weighted by molar-refractivity contribution is 0.396. The van der Waals surface area contributed by atoms with Crippen molar-refractivity contribution in [1.82, 2.24) is 25.5 Å². The second-order valence-corrected chi connectivity index (χ2v) is 7.43. The Morgan fingerprint density at radius 1 is 1.45 bits per heavy atom. The molecule has 1 fully saturated rings. The molecule has 1 aliphatic rings. The predicted octanol–water partition coefficient (Wildman–Crippen LogP) is 1.85. The molecule has 0 radical (unpaired) electrons. The molecule has 7 heteroatoms. The number of tetrazole rings is 1. The molecule has 0 aliphatic heterocycles. The summed E-state index contributed by atoms with van der Waals surface area (Å²) in [5.74, 6) is 0.938. The van der Waals surface area contributed by atoms with Gasteiger partial charge in [-0.3, -0.25) is 0 Å². The van der Waals surface area contributed by atoms with Crippen LogP contribution in [-0.2, 0) is 6.54 Å². The summed E-state index contributed by atoms with van der Waals surface area (Å²) in [7, 11) is 0. The maximum Gasteiger partial charge on any atom is 0.209 e. The smallest absolute Gasteiger partial charge is 0.209 e. The molecule has 0 aromatic carbocycles. The number of hydrogen-bond donors (Lipinski definition) is 1. The molecular formula is C13H22N6S. The minimum Gasteiger partial charge on any atom is -0.310 e. The third-order valence-electron chi connectivity index (χ3n) is 3.40. The van der Waals surface area contributed by atoms with Gasteiger partial charge in [-0.15, -0.1) is 5.10 Å². The first-order chi connectivity index (χ1) is 9.44. The van der Waals surface area contributed by atoms with Gasteiger partial charge in [0.25, 0.3) is 0 Å². The van der Waals surface area contributed by atoms with Gasteiger partial charge in [0.05, 0.1) is 12.6 Å². The van der Waals surface area contributed by atoms with E-state index in [1.165, 1.54) is 0 Å². The molecule has 0 unspecified atom stereocenters. The van der Waals surface area contributed by atoms with Gasteiger partial charge in [0.2, 0.25) is 5.16 Å². The van der Waals surface area contributed by atoms with Crippen LogP contribution in [0.5, 0.6) is 0 Å². The van der Waals surface area contributed by atoms with Crippen molar-refractivity contribution in [2.24, 2.45) is 5.41 Å². The van der Waals surface area contributed by atoms with Crippen LogP contribution in [0.15, 0.2) is 5.16 Å². The summed E-state index contributed by atoms with van der Waals surface area (Å²) < 4.78 is 1.84. The Morgan fingerprint density at radius 2 is 2.20 bits per heavy atom. The Morgan fingerprint density at radius 3 is 2.80 bits per heavy atom. The molecule has 1 heterocycles. The average Bonchev–Trinajstić information content (AvgIpc) is 2.97. The van der Waals surface area contributed by atoms with Crippen molar-refractivity contribution in [1.29, 1.82) is 5.26 Å². The van der Waals surface area contributed by atoms with Crippen molar-refractivity contribution < 1.29 is 0 Å². The topological polar surface area (TPSA) is 79.4 Å². The Bertz CT molecular complexity index is 480. The van der Waals surface area contributed by atoms with E-state index in [0.29, 0.717) is 6.42 Å². The zero-order chi connectivity index (χ0) is 14.6. The highest BCUT2D eigenvalue weighted by molar-refractivity contribution is 7.99. The summed E-state index contributed by atoms with van der Waals surface area (Å²) in [4.78, 5) is 0. The van der Waals surface area contributed by atoms with E-state index in [0.717, 1.165) is 36.8 Å². The first-order valence-electron chi connectivity index (χ1n) is 6.95. The largest absolute Gasteiger partial charge is 0.310 e. The molecule has 0 bridgehead atoms. The maximum absolute atomic E-state index is 8.83. The first-order valence-corrected chi connectivity index (χ1v) is 7.94. The van der Waals surface area contributed by atoms with Crippen LogP contribution in [-0.4, -0.2) is 38.0 Å². The van der Waals surface area contributed by atoms with Gasteiger partial charge < -0.3 is 5.32 Å². The molecule has 1 aliphatic carbocycles. The van der Waals surface area contributed by atoms with Crippen LogP contribution in [0.2, 0.25) is 0 Å². The van der Waals surface area contributed by atoms with Crippen LogP contribution < -0.4 is 5.32 Å². The van der Waals surface area contributed by atoms with Crippen LogP contribution in [0.25, 0.3) is 0 Å². The Labute approximate surface area is 124 Å². The molecule has 0 saturated heterocycles. The number of nitrogens with one attached hydrogen (secondary N) is 1. The van der Waals surface area contributed by atoms with E-state index >= 15 is 0 Å². The van der Waals surface area contributed by atoms with Crippen molar-refractivity contribution in [3.8, 4) is 6.07 Å². The number of hydrogen-bond acceptors (Lipinski definition) is 6. The molecule has 1 N–H and O–H groups in total. The van der Waals surface area contributed by atoms with Crippen LogP contribution in [0.3, 0.4) is 0 Å². The van der Waals surface area contributed by atoms with Gasteiger partial charge in [-0.1, -0.05) is 11.8 Å².